The lowest BCUT2D eigenvalue weighted by molar-refractivity contribution is -0.282. The van der Waals surface area contributed by atoms with Crippen molar-refractivity contribution in [3.05, 3.63) is 0 Å². The molecule has 12 bridgehead atoms. The van der Waals surface area contributed by atoms with Crippen molar-refractivity contribution >= 4 is 63.7 Å². The van der Waals surface area contributed by atoms with Gasteiger partial charge in [0, 0.05) is 0 Å². The zero-order valence-corrected chi connectivity index (χ0v) is 29.6. The van der Waals surface area contributed by atoms with E-state index in [4.69, 9.17) is 0 Å². The van der Waals surface area contributed by atoms with E-state index < -0.39 is 0 Å². The Morgan fingerprint density at radius 2 is 0.658 bits per heavy atom. The summed E-state index contributed by atoms with van der Waals surface area (Å²) in [6.45, 7) is 0. The lowest BCUT2D eigenvalue weighted by Gasteiger charge is -2.78. The van der Waals surface area contributed by atoms with E-state index in [2.05, 4.69) is 63.7 Å². The second-order valence-corrected chi connectivity index (χ2v) is 25.1. The average Bonchev–Trinajstić information content (AvgIpc) is 2.74. The summed E-state index contributed by atoms with van der Waals surface area (Å²) < 4.78 is 1.03. The van der Waals surface area contributed by atoms with Crippen LogP contribution in [0.4, 0.5) is 0 Å². The van der Waals surface area contributed by atoms with E-state index in [9.17, 15) is 0 Å². The van der Waals surface area contributed by atoms with Gasteiger partial charge in [-0.15, -0.1) is 0 Å². The third kappa shape index (κ3) is 3.59. The molecule has 0 N–H and O–H groups in total. The van der Waals surface area contributed by atoms with E-state index in [-0.39, 0.29) is 0 Å². The summed E-state index contributed by atoms with van der Waals surface area (Å²) >= 11 is 15.9. The van der Waals surface area contributed by atoms with Crippen molar-refractivity contribution in [1.29, 1.82) is 0 Å². The van der Waals surface area contributed by atoms with Crippen molar-refractivity contribution in [2.24, 2.45) is 68.0 Å². The van der Waals surface area contributed by atoms with Crippen LogP contribution in [0.1, 0.15) is 128 Å². The molecule has 0 amide bonds. The van der Waals surface area contributed by atoms with Gasteiger partial charge in [0.1, 0.15) is 0 Å². The Morgan fingerprint density at radius 1 is 0.395 bits per heavy atom. The SMILES string of the molecule is BrC(Br)CC12CC3CC(C1)CC(C14CC5CC(C1)CC(C16CC7CC(CC(CC(Br)Br)(C7)C1)C6)(C5)C4)(C3)C2. The molecular formula is C34H48Br4. The standard InChI is InChI=1S/C34H48Br4/c35-27(36)16-29-4-21-1-22(5-29)9-31(8-21,18-29)33-12-25-3-26(13-33)15-34(14-25,20-33)32-10-23-2-24(11-32)7-30(6-23,19-32)17-28(37)38/h21-28H,1-20H2. The number of rotatable bonds is 6. The molecule has 212 valence electrons. The quantitative estimate of drug-likeness (QED) is 0.236. The van der Waals surface area contributed by atoms with Crippen molar-refractivity contribution < 1.29 is 0 Å². The molecule has 4 heteroatoms. The first kappa shape index (κ1) is 26.3. The lowest BCUT2D eigenvalue weighted by atomic mass is 9.27. The molecule has 38 heavy (non-hydrogen) atoms. The lowest BCUT2D eigenvalue weighted by Crippen LogP contribution is -2.69. The van der Waals surface area contributed by atoms with Crippen LogP contribution in [0, 0.1) is 68.0 Å². The molecule has 0 saturated heterocycles. The monoisotopic (exact) mass is 772 g/mol. The van der Waals surface area contributed by atoms with Crippen molar-refractivity contribution in [3.8, 4) is 0 Å². The zero-order valence-electron chi connectivity index (χ0n) is 23.3. The predicted octanol–water partition coefficient (Wildman–Crippen LogP) is 11.8. The van der Waals surface area contributed by atoms with Gasteiger partial charge in [-0.2, -0.15) is 0 Å². The van der Waals surface area contributed by atoms with Crippen molar-refractivity contribution in [1.82, 2.24) is 0 Å². The van der Waals surface area contributed by atoms with Gasteiger partial charge in [0.15, 0.2) is 0 Å². The molecule has 0 aromatic heterocycles. The Hall–Kier alpha value is 1.92. The molecule has 12 saturated carbocycles. The summed E-state index contributed by atoms with van der Waals surface area (Å²) in [6.07, 6.45) is 31.8. The highest BCUT2D eigenvalue weighted by Gasteiger charge is 2.74. The Labute approximate surface area is 265 Å². The van der Waals surface area contributed by atoms with E-state index in [0.29, 0.717) is 40.0 Å². The van der Waals surface area contributed by atoms with Crippen LogP contribution in [0.15, 0.2) is 0 Å². The zero-order chi connectivity index (χ0) is 25.8. The summed E-state index contributed by atoms with van der Waals surface area (Å²) in [6, 6.07) is 0. The van der Waals surface area contributed by atoms with E-state index >= 15 is 0 Å². The molecule has 0 aromatic carbocycles. The topological polar surface area (TPSA) is 0 Å². The van der Waals surface area contributed by atoms with Crippen LogP contribution in [0.25, 0.3) is 0 Å². The molecule has 12 aliphatic rings. The highest BCUT2D eigenvalue weighted by Crippen LogP contribution is 2.84. The molecule has 0 radical (unpaired) electrons. The second-order valence-electron chi connectivity index (χ2n) is 18.2. The molecule has 0 heterocycles. The van der Waals surface area contributed by atoms with Crippen LogP contribution in [-0.4, -0.2) is 7.47 Å². The first-order valence-electron chi connectivity index (χ1n) is 16.6. The second kappa shape index (κ2) is 8.34. The van der Waals surface area contributed by atoms with E-state index in [1.807, 2.05) is 0 Å². The van der Waals surface area contributed by atoms with Gasteiger partial charge in [-0.3, -0.25) is 0 Å². The summed E-state index contributed by atoms with van der Waals surface area (Å²) in [5.41, 5.74) is 4.10. The van der Waals surface area contributed by atoms with Crippen molar-refractivity contribution in [2.75, 3.05) is 0 Å². The summed E-state index contributed by atoms with van der Waals surface area (Å²) in [7, 11) is 0. The van der Waals surface area contributed by atoms with Gasteiger partial charge in [-0.1, -0.05) is 63.7 Å². The molecule has 12 rings (SSSR count). The van der Waals surface area contributed by atoms with E-state index in [1.54, 1.807) is 116 Å². The minimum Gasteiger partial charge on any atom is -0.0765 e. The van der Waals surface area contributed by atoms with Gasteiger partial charge in [0.05, 0.1) is 7.47 Å². The summed E-state index contributed by atoms with van der Waals surface area (Å²) in [4.78, 5) is 0. The molecule has 12 aliphatic carbocycles. The average molecular weight is 776 g/mol. The maximum atomic E-state index is 3.98. The first-order chi connectivity index (χ1) is 18.0. The first-order valence-corrected chi connectivity index (χ1v) is 20.3. The fraction of sp³-hybridized carbons (Fsp3) is 1.00. The van der Waals surface area contributed by atoms with Crippen molar-refractivity contribution in [3.63, 3.8) is 0 Å². The van der Waals surface area contributed by atoms with Gasteiger partial charge in [-0.05, 0) is 196 Å². The fourth-order valence-electron chi connectivity index (χ4n) is 16.8. The smallest absolute Gasteiger partial charge is 0.0703 e. The van der Waals surface area contributed by atoms with Crippen molar-refractivity contribution in [2.45, 2.75) is 136 Å². The maximum Gasteiger partial charge on any atom is 0.0703 e. The number of alkyl halides is 4. The Bertz CT molecular complexity index is 885. The number of halogens is 4. The molecule has 0 aliphatic heterocycles. The van der Waals surface area contributed by atoms with Crippen LogP contribution in [-0.2, 0) is 0 Å². The maximum absolute atomic E-state index is 3.98. The Kier molecular flexibility index (Phi) is 5.78. The van der Waals surface area contributed by atoms with Crippen LogP contribution >= 0.6 is 63.7 Å². The Morgan fingerprint density at radius 3 is 0.947 bits per heavy atom. The van der Waals surface area contributed by atoms with Gasteiger partial charge >= 0.3 is 0 Å². The Balaban J connectivity index is 1.12. The summed E-state index contributed by atoms with van der Waals surface area (Å²) in [5.74, 6) is 6.36. The van der Waals surface area contributed by atoms with Crippen LogP contribution in [0.2, 0.25) is 0 Å². The molecular weight excluding hydrogens is 728 g/mol. The van der Waals surface area contributed by atoms with Crippen LogP contribution in [0.3, 0.4) is 0 Å². The minimum absolute atomic E-state index is 0.516. The van der Waals surface area contributed by atoms with Crippen LogP contribution in [0.5, 0.6) is 0 Å². The summed E-state index contributed by atoms with van der Waals surface area (Å²) in [5, 5.41) is 0. The predicted molar refractivity (Wildman–Crippen MR) is 171 cm³/mol. The molecule has 12 fully saturated rings. The normalized spacial score (nSPS) is 61.1. The van der Waals surface area contributed by atoms with Gasteiger partial charge < -0.3 is 0 Å². The van der Waals surface area contributed by atoms with E-state index in [0.717, 1.165) is 35.5 Å². The number of hydrogen-bond acceptors (Lipinski definition) is 0. The fourth-order valence-corrected chi connectivity index (χ4v) is 19.5. The number of hydrogen-bond donors (Lipinski definition) is 0. The molecule has 4 unspecified atom stereocenters. The largest absolute Gasteiger partial charge is 0.0765 e. The highest BCUT2D eigenvalue weighted by atomic mass is 79.9. The minimum atomic E-state index is 0.516. The molecule has 0 aromatic rings. The molecule has 0 nitrogen and oxygen atoms in total. The highest BCUT2D eigenvalue weighted by molar-refractivity contribution is 9.25. The van der Waals surface area contributed by atoms with E-state index in [1.165, 1.54) is 12.8 Å². The van der Waals surface area contributed by atoms with Gasteiger partial charge in [0.25, 0.3) is 0 Å². The van der Waals surface area contributed by atoms with Gasteiger partial charge in [0.2, 0.25) is 0 Å². The third-order valence-corrected chi connectivity index (χ3v) is 17.1. The van der Waals surface area contributed by atoms with Crippen LogP contribution < -0.4 is 0 Å². The molecule has 4 atom stereocenters. The third-order valence-electron chi connectivity index (χ3n) is 15.9. The van der Waals surface area contributed by atoms with Gasteiger partial charge in [-0.25, -0.2) is 0 Å². The molecule has 0 spiro atoms.